The molecule has 0 N–H and O–H groups in total. The lowest BCUT2D eigenvalue weighted by atomic mass is 9.76. The van der Waals surface area contributed by atoms with E-state index in [0.717, 1.165) is 0 Å². The van der Waals surface area contributed by atoms with Gasteiger partial charge in [-0.05, 0) is 0 Å². The summed E-state index contributed by atoms with van der Waals surface area (Å²) in [6.45, 7) is 0. The molecule has 0 amide bonds. The highest BCUT2D eigenvalue weighted by atomic mass is 19.4. The van der Waals surface area contributed by atoms with Crippen LogP contribution in [0.15, 0.2) is 0 Å². The number of alkyl halides is 15. The van der Waals surface area contributed by atoms with Gasteiger partial charge in [0.2, 0.25) is 0 Å². The second-order valence-corrected chi connectivity index (χ2v) is 5.64. The van der Waals surface area contributed by atoms with Gasteiger partial charge in [0.25, 0.3) is 0 Å². The lowest BCUT2D eigenvalue weighted by molar-refractivity contribution is -0.361. The van der Waals surface area contributed by atoms with E-state index in [9.17, 15) is 65.9 Å². The molecule has 0 fully saturated rings. The normalized spacial score (nSPS) is 15.2. The maximum atomic E-state index is 13.5. The number of hydrogen-bond donors (Lipinski definition) is 0. The average molecular weight is 462 g/mol. The highest BCUT2D eigenvalue weighted by Crippen LogP contribution is 2.56. The van der Waals surface area contributed by atoms with Crippen LogP contribution in [0.5, 0.6) is 0 Å². The van der Waals surface area contributed by atoms with E-state index in [4.69, 9.17) is 10.5 Å². The van der Waals surface area contributed by atoms with Crippen molar-refractivity contribution in [3.05, 3.63) is 0 Å². The molecule has 0 aliphatic rings. The quantitative estimate of drug-likeness (QED) is 0.428. The summed E-state index contributed by atoms with van der Waals surface area (Å²) in [5.41, 5.74) is -4.54. The summed E-state index contributed by atoms with van der Waals surface area (Å²) in [5.74, 6) is -34.2. The third kappa shape index (κ3) is 4.42. The van der Waals surface area contributed by atoms with Crippen molar-refractivity contribution < 1.29 is 65.9 Å². The monoisotopic (exact) mass is 462 g/mol. The average Bonchev–Trinajstić information content (AvgIpc) is 2.51. The molecule has 0 bridgehead atoms. The molecule has 0 atom stereocenters. The van der Waals surface area contributed by atoms with Gasteiger partial charge in [-0.3, -0.25) is 0 Å². The van der Waals surface area contributed by atoms with E-state index in [2.05, 4.69) is 0 Å². The number of rotatable bonds is 8. The van der Waals surface area contributed by atoms with E-state index in [1.807, 2.05) is 0 Å². The summed E-state index contributed by atoms with van der Waals surface area (Å²) in [6.07, 6.45) is -19.5. The van der Waals surface area contributed by atoms with E-state index in [1.165, 1.54) is 0 Å². The van der Waals surface area contributed by atoms with Gasteiger partial charge in [-0.1, -0.05) is 0 Å². The first-order valence-electron chi connectivity index (χ1n) is 6.54. The second kappa shape index (κ2) is 7.32. The molecule has 0 aliphatic carbocycles. The third-order valence-corrected chi connectivity index (χ3v) is 3.44. The van der Waals surface area contributed by atoms with Crippen molar-refractivity contribution in [3.63, 3.8) is 0 Å². The topological polar surface area (TPSA) is 47.6 Å². The SMILES string of the molecule is N#CC(C#N)(CC(F)(F)C(F)(F)C(F)(F)F)CC(F)(F)C(F)(F)C(F)(F)C(F)F. The van der Waals surface area contributed by atoms with E-state index >= 15 is 0 Å². The number of hydrogen-bond acceptors (Lipinski definition) is 2. The fourth-order valence-corrected chi connectivity index (χ4v) is 1.81. The van der Waals surface area contributed by atoms with Crippen LogP contribution in [-0.4, -0.2) is 42.2 Å². The molecule has 17 heteroatoms. The van der Waals surface area contributed by atoms with Crippen LogP contribution in [-0.2, 0) is 0 Å². The molecule has 2 nitrogen and oxygen atoms in total. The number of halogens is 15. The van der Waals surface area contributed by atoms with Gasteiger partial charge < -0.3 is 0 Å². The second-order valence-electron chi connectivity index (χ2n) is 5.64. The smallest absolute Gasteiger partial charge is 0.203 e. The first-order valence-corrected chi connectivity index (χ1v) is 6.54. The summed E-state index contributed by atoms with van der Waals surface area (Å²) in [6, 6.07) is 0.133. The summed E-state index contributed by atoms with van der Waals surface area (Å²) in [7, 11) is 0. The fraction of sp³-hybridized carbons (Fsp3) is 0.833. The minimum absolute atomic E-state index is 0.0663. The molecule has 0 rings (SSSR count). The van der Waals surface area contributed by atoms with E-state index in [1.54, 1.807) is 0 Å². The highest BCUT2D eigenvalue weighted by molar-refractivity contribution is 5.19. The molecule has 168 valence electrons. The standard InChI is InChI=1S/C12H5F15N2/c13-5(14)9(19,20)10(21,22)7(15,16)1-6(3-28,4-29)2-8(17,18)11(23,24)12(25,26)27/h5H,1-2H2. The molecule has 0 spiro atoms. The molecule has 0 saturated carbocycles. The summed E-state index contributed by atoms with van der Waals surface area (Å²) in [5, 5.41) is 17.0. The van der Waals surface area contributed by atoms with Crippen LogP contribution in [0.25, 0.3) is 0 Å². The molecule has 0 saturated heterocycles. The van der Waals surface area contributed by atoms with Crippen molar-refractivity contribution in [1.29, 1.82) is 10.5 Å². The number of nitriles is 2. The predicted octanol–water partition coefficient (Wildman–Crippen LogP) is 5.80. The largest absolute Gasteiger partial charge is 0.459 e. The summed E-state index contributed by atoms with van der Waals surface area (Å²) in [4.78, 5) is 0. The van der Waals surface area contributed by atoms with Gasteiger partial charge in [-0.25, -0.2) is 8.78 Å². The molecule has 0 aromatic heterocycles. The van der Waals surface area contributed by atoms with E-state index < -0.39 is 60.5 Å². The fourth-order valence-electron chi connectivity index (χ4n) is 1.81. The van der Waals surface area contributed by atoms with Crippen molar-refractivity contribution in [1.82, 2.24) is 0 Å². The van der Waals surface area contributed by atoms with Crippen LogP contribution in [0.1, 0.15) is 12.8 Å². The first kappa shape index (κ1) is 26.9. The lowest BCUT2D eigenvalue weighted by Gasteiger charge is -2.36. The van der Waals surface area contributed by atoms with Crippen LogP contribution in [0.2, 0.25) is 0 Å². The molecule has 0 aliphatic heterocycles. The minimum atomic E-state index is -7.12. The Hall–Kier alpha value is -2.07. The van der Waals surface area contributed by atoms with Crippen molar-refractivity contribution >= 4 is 0 Å². The molecule has 0 heterocycles. The zero-order chi connectivity index (χ0) is 23.9. The summed E-state index contributed by atoms with van der Waals surface area (Å²) >= 11 is 0. The summed E-state index contributed by atoms with van der Waals surface area (Å²) < 4.78 is 191. The van der Waals surface area contributed by atoms with Crippen molar-refractivity contribution in [2.24, 2.45) is 5.41 Å². The van der Waals surface area contributed by atoms with Gasteiger partial charge >= 0.3 is 42.2 Å². The molecule has 0 aromatic carbocycles. The lowest BCUT2D eigenvalue weighted by Crippen LogP contribution is -2.59. The van der Waals surface area contributed by atoms with Crippen LogP contribution in [0.3, 0.4) is 0 Å². The Morgan fingerprint density at radius 3 is 1.14 bits per heavy atom. The first-order chi connectivity index (χ1) is 12.5. The van der Waals surface area contributed by atoms with Crippen molar-refractivity contribution in [3.8, 4) is 12.1 Å². The Morgan fingerprint density at radius 2 is 0.897 bits per heavy atom. The van der Waals surface area contributed by atoms with Crippen molar-refractivity contribution in [2.45, 2.75) is 55.1 Å². The van der Waals surface area contributed by atoms with Gasteiger partial charge in [0.1, 0.15) is 0 Å². The van der Waals surface area contributed by atoms with Crippen LogP contribution in [0.4, 0.5) is 65.9 Å². The zero-order valence-electron chi connectivity index (χ0n) is 13.1. The Balaban J connectivity index is 6.27. The minimum Gasteiger partial charge on any atom is -0.203 e. The predicted molar refractivity (Wildman–Crippen MR) is 59.7 cm³/mol. The zero-order valence-corrected chi connectivity index (χ0v) is 13.1. The van der Waals surface area contributed by atoms with Gasteiger partial charge in [-0.2, -0.15) is 67.6 Å². The highest BCUT2D eigenvalue weighted by Gasteiger charge is 2.78. The third-order valence-electron chi connectivity index (χ3n) is 3.44. The van der Waals surface area contributed by atoms with Gasteiger partial charge in [0.15, 0.2) is 5.41 Å². The molecule has 29 heavy (non-hydrogen) atoms. The Morgan fingerprint density at radius 1 is 0.586 bits per heavy atom. The van der Waals surface area contributed by atoms with Crippen LogP contribution in [0, 0.1) is 28.1 Å². The Bertz CT molecular complexity index is 665. The molecular weight excluding hydrogens is 457 g/mol. The van der Waals surface area contributed by atoms with E-state index in [-0.39, 0.29) is 12.1 Å². The van der Waals surface area contributed by atoms with Gasteiger partial charge in [0.05, 0.1) is 25.0 Å². The van der Waals surface area contributed by atoms with Gasteiger partial charge in [-0.15, -0.1) is 0 Å². The van der Waals surface area contributed by atoms with Crippen LogP contribution < -0.4 is 0 Å². The molecule has 0 unspecified atom stereocenters. The Kier molecular flexibility index (Phi) is 6.79. The molecule has 0 aromatic rings. The number of nitrogens with zero attached hydrogens (tertiary/aromatic N) is 2. The van der Waals surface area contributed by atoms with Crippen molar-refractivity contribution in [2.75, 3.05) is 0 Å². The maximum absolute atomic E-state index is 13.5. The molecule has 0 radical (unpaired) electrons. The molecular formula is C12H5F15N2. The van der Waals surface area contributed by atoms with Crippen LogP contribution >= 0.6 is 0 Å². The van der Waals surface area contributed by atoms with Gasteiger partial charge in [0, 0.05) is 0 Å². The maximum Gasteiger partial charge on any atom is 0.459 e. The Labute approximate surface area is 150 Å². The van der Waals surface area contributed by atoms with E-state index in [0.29, 0.717) is 0 Å².